The molecule has 0 atom stereocenters. The van der Waals surface area contributed by atoms with Crippen molar-refractivity contribution in [3.8, 4) is 11.3 Å². The van der Waals surface area contributed by atoms with Crippen LogP contribution in [0.25, 0.3) is 22.3 Å². The number of fused-ring (bicyclic) bond motifs is 1. The second-order valence-electron chi connectivity index (χ2n) is 3.67. The summed E-state index contributed by atoms with van der Waals surface area (Å²) in [7, 11) is 0. The van der Waals surface area contributed by atoms with Crippen LogP contribution in [0.5, 0.6) is 0 Å². The van der Waals surface area contributed by atoms with Gasteiger partial charge in [-0.1, -0.05) is 6.07 Å². The second kappa shape index (κ2) is 3.83. The Balaban J connectivity index is 2.31. The zero-order valence-electron chi connectivity index (χ0n) is 8.92. The topological polar surface area (TPSA) is 58.6 Å². The molecule has 0 radical (unpaired) electrons. The summed E-state index contributed by atoms with van der Waals surface area (Å²) in [6.07, 6.45) is 3.32. The monoisotopic (exact) mass is 223 g/mol. The average molecular weight is 223 g/mol. The molecule has 3 rings (SSSR count). The Morgan fingerprint density at radius 2 is 1.88 bits per heavy atom. The third kappa shape index (κ3) is 1.69. The van der Waals surface area contributed by atoms with Gasteiger partial charge >= 0.3 is 0 Å². The average Bonchev–Trinajstić information content (AvgIpc) is 2.39. The summed E-state index contributed by atoms with van der Waals surface area (Å²) in [5, 5.41) is 0.896. The second-order valence-corrected chi connectivity index (χ2v) is 3.67. The summed E-state index contributed by atoms with van der Waals surface area (Å²) in [6, 6.07) is 11.0. The molecule has 1 N–H and O–H groups in total. The molecule has 0 spiro atoms. The Morgan fingerprint density at radius 1 is 1.00 bits per heavy atom. The lowest BCUT2D eigenvalue weighted by Crippen LogP contribution is -2.09. The summed E-state index contributed by atoms with van der Waals surface area (Å²) in [4.78, 5) is 22.9. The highest BCUT2D eigenvalue weighted by Crippen LogP contribution is 2.15. The Labute approximate surface area is 97.0 Å². The predicted molar refractivity (Wildman–Crippen MR) is 65.6 cm³/mol. The number of rotatable bonds is 1. The number of H-pyrrole nitrogens is 1. The van der Waals surface area contributed by atoms with Gasteiger partial charge in [-0.2, -0.15) is 0 Å². The van der Waals surface area contributed by atoms with Crippen LogP contribution in [0.4, 0.5) is 0 Å². The third-order valence-corrected chi connectivity index (χ3v) is 2.56. The molecule has 0 amide bonds. The highest BCUT2D eigenvalue weighted by Gasteiger charge is 2.06. The molecule has 0 aromatic carbocycles. The molecule has 0 aliphatic rings. The zero-order valence-corrected chi connectivity index (χ0v) is 8.92. The number of pyridine rings is 3. The van der Waals surface area contributed by atoms with E-state index >= 15 is 0 Å². The smallest absolute Gasteiger partial charge is 0.259 e. The summed E-state index contributed by atoms with van der Waals surface area (Å²) in [5.41, 5.74) is 1.65. The first-order chi connectivity index (χ1) is 8.34. The molecule has 3 heterocycles. The van der Waals surface area contributed by atoms with Crippen LogP contribution >= 0.6 is 0 Å². The highest BCUT2D eigenvalue weighted by atomic mass is 16.1. The van der Waals surface area contributed by atoms with Crippen LogP contribution in [0.2, 0.25) is 0 Å². The van der Waals surface area contributed by atoms with Crippen LogP contribution in [-0.4, -0.2) is 15.0 Å². The van der Waals surface area contributed by atoms with E-state index in [4.69, 9.17) is 0 Å². The molecule has 0 bridgehead atoms. The lowest BCUT2D eigenvalue weighted by atomic mass is 10.1. The molecule has 0 fully saturated rings. The van der Waals surface area contributed by atoms with Crippen molar-refractivity contribution in [2.24, 2.45) is 0 Å². The van der Waals surface area contributed by atoms with E-state index in [9.17, 15) is 4.79 Å². The quantitative estimate of drug-likeness (QED) is 0.686. The Morgan fingerprint density at radius 3 is 2.71 bits per heavy atom. The maximum absolute atomic E-state index is 11.9. The van der Waals surface area contributed by atoms with E-state index in [1.807, 2.05) is 36.4 Å². The van der Waals surface area contributed by atoms with Crippen molar-refractivity contribution in [1.82, 2.24) is 15.0 Å². The summed E-state index contributed by atoms with van der Waals surface area (Å²) in [6.45, 7) is 0. The van der Waals surface area contributed by atoms with Gasteiger partial charge in [0.1, 0.15) is 5.65 Å². The van der Waals surface area contributed by atoms with Gasteiger partial charge in [0.05, 0.1) is 11.3 Å². The van der Waals surface area contributed by atoms with Crippen LogP contribution in [-0.2, 0) is 0 Å². The van der Waals surface area contributed by atoms with Crippen molar-refractivity contribution in [3.05, 3.63) is 59.1 Å². The number of hydrogen-bond donors (Lipinski definition) is 1. The van der Waals surface area contributed by atoms with Gasteiger partial charge in [-0.15, -0.1) is 0 Å². The molecule has 17 heavy (non-hydrogen) atoms. The molecule has 4 heteroatoms. The van der Waals surface area contributed by atoms with Crippen molar-refractivity contribution in [1.29, 1.82) is 0 Å². The molecular formula is C13H9N3O. The van der Waals surface area contributed by atoms with Crippen LogP contribution in [0.1, 0.15) is 0 Å². The molecule has 0 aliphatic carbocycles. The number of nitrogens with zero attached hydrogens (tertiary/aromatic N) is 2. The molecule has 3 aromatic heterocycles. The largest absolute Gasteiger partial charge is 0.306 e. The van der Waals surface area contributed by atoms with Gasteiger partial charge in [-0.25, -0.2) is 4.98 Å². The molecule has 0 aliphatic heterocycles. The summed E-state index contributed by atoms with van der Waals surface area (Å²) in [5.74, 6) is 0. The van der Waals surface area contributed by atoms with E-state index in [0.717, 1.165) is 5.39 Å². The van der Waals surface area contributed by atoms with Gasteiger partial charge in [0.2, 0.25) is 0 Å². The van der Waals surface area contributed by atoms with Crippen LogP contribution in [0.15, 0.2) is 53.6 Å². The minimum Gasteiger partial charge on any atom is -0.306 e. The fourth-order valence-electron chi connectivity index (χ4n) is 1.75. The van der Waals surface area contributed by atoms with E-state index in [1.54, 1.807) is 12.4 Å². The van der Waals surface area contributed by atoms with E-state index < -0.39 is 0 Å². The Kier molecular flexibility index (Phi) is 2.19. The van der Waals surface area contributed by atoms with E-state index in [-0.39, 0.29) is 5.56 Å². The first-order valence-corrected chi connectivity index (χ1v) is 5.24. The van der Waals surface area contributed by atoms with E-state index in [1.165, 1.54) is 0 Å². The number of nitrogens with one attached hydrogen (secondary N) is 1. The van der Waals surface area contributed by atoms with Crippen molar-refractivity contribution in [2.75, 3.05) is 0 Å². The minimum atomic E-state index is -0.171. The zero-order chi connectivity index (χ0) is 11.7. The van der Waals surface area contributed by atoms with E-state index in [0.29, 0.717) is 16.9 Å². The molecule has 0 unspecified atom stereocenters. The minimum absolute atomic E-state index is 0.171. The molecule has 3 aromatic rings. The fraction of sp³-hybridized carbons (Fsp3) is 0. The first kappa shape index (κ1) is 9.72. The van der Waals surface area contributed by atoms with Gasteiger partial charge in [0, 0.05) is 17.8 Å². The summed E-state index contributed by atoms with van der Waals surface area (Å²) >= 11 is 0. The number of aromatic nitrogens is 3. The number of hydrogen-bond acceptors (Lipinski definition) is 3. The standard InChI is InChI=1S/C13H9N3O/c17-13-10(11-5-1-2-6-14-11)8-9-4-3-7-15-12(9)16-13/h1-8H,(H,15,16,17). The normalized spacial score (nSPS) is 10.6. The summed E-state index contributed by atoms with van der Waals surface area (Å²) < 4.78 is 0. The van der Waals surface area contributed by atoms with Crippen molar-refractivity contribution in [2.45, 2.75) is 0 Å². The Bertz CT molecular complexity index is 719. The fourth-order valence-corrected chi connectivity index (χ4v) is 1.75. The van der Waals surface area contributed by atoms with Crippen LogP contribution in [0.3, 0.4) is 0 Å². The third-order valence-electron chi connectivity index (χ3n) is 2.56. The highest BCUT2D eigenvalue weighted by molar-refractivity contribution is 5.79. The van der Waals surface area contributed by atoms with Gasteiger partial charge in [0.25, 0.3) is 5.56 Å². The van der Waals surface area contributed by atoms with Crippen LogP contribution in [0, 0.1) is 0 Å². The van der Waals surface area contributed by atoms with Crippen LogP contribution < -0.4 is 5.56 Å². The van der Waals surface area contributed by atoms with Crippen molar-refractivity contribution < 1.29 is 0 Å². The first-order valence-electron chi connectivity index (χ1n) is 5.24. The van der Waals surface area contributed by atoms with Gasteiger partial charge in [-0.05, 0) is 30.3 Å². The lowest BCUT2D eigenvalue weighted by molar-refractivity contribution is 1.21. The maximum atomic E-state index is 11.9. The van der Waals surface area contributed by atoms with Crippen molar-refractivity contribution >= 4 is 11.0 Å². The maximum Gasteiger partial charge on any atom is 0.259 e. The molecule has 0 saturated heterocycles. The van der Waals surface area contributed by atoms with Gasteiger partial charge in [0.15, 0.2) is 0 Å². The Hall–Kier alpha value is -2.49. The van der Waals surface area contributed by atoms with Gasteiger partial charge in [-0.3, -0.25) is 9.78 Å². The number of aromatic amines is 1. The molecule has 0 saturated carbocycles. The lowest BCUT2D eigenvalue weighted by Gasteiger charge is -2.01. The molecular weight excluding hydrogens is 214 g/mol. The SMILES string of the molecule is O=c1[nH]c2ncccc2cc1-c1ccccn1. The predicted octanol–water partition coefficient (Wildman–Crippen LogP) is 1.99. The van der Waals surface area contributed by atoms with Crippen molar-refractivity contribution in [3.63, 3.8) is 0 Å². The molecule has 82 valence electrons. The molecule has 4 nitrogen and oxygen atoms in total. The van der Waals surface area contributed by atoms with Gasteiger partial charge < -0.3 is 4.98 Å². The van der Waals surface area contributed by atoms with E-state index in [2.05, 4.69) is 15.0 Å².